The maximum absolute atomic E-state index is 10.9. The van der Waals surface area contributed by atoms with Gasteiger partial charge in [-0.3, -0.25) is 15.0 Å². The molecule has 2 heterocycles. The summed E-state index contributed by atoms with van der Waals surface area (Å²) >= 11 is 0. The van der Waals surface area contributed by atoms with E-state index in [1.165, 1.54) is 6.07 Å². The van der Waals surface area contributed by atoms with Gasteiger partial charge in [-0.2, -0.15) is 0 Å². The van der Waals surface area contributed by atoms with Crippen molar-refractivity contribution in [2.75, 3.05) is 21.2 Å². The number of methoxy groups -OCH3 is 1. The van der Waals surface area contributed by atoms with Gasteiger partial charge in [-0.1, -0.05) is 0 Å². The Labute approximate surface area is 132 Å². The minimum Gasteiger partial charge on any atom is -0.497 e. The average molecular weight is 315 g/mol. The molecule has 7 heteroatoms. The van der Waals surface area contributed by atoms with Gasteiger partial charge in [0.2, 0.25) is 0 Å². The minimum atomic E-state index is -0.533. The van der Waals surface area contributed by atoms with E-state index in [2.05, 4.69) is 4.98 Å². The first-order valence-corrected chi connectivity index (χ1v) is 7.07. The van der Waals surface area contributed by atoms with Gasteiger partial charge in [0.1, 0.15) is 16.4 Å². The summed E-state index contributed by atoms with van der Waals surface area (Å²) in [7, 11) is 5.42. The molecule has 0 saturated heterocycles. The second-order valence-corrected chi connectivity index (χ2v) is 5.45. The molecule has 0 fully saturated rings. The van der Waals surface area contributed by atoms with Gasteiger partial charge in [0.15, 0.2) is 0 Å². The number of ether oxygens (including phenoxy) is 1. The molecule has 23 heavy (non-hydrogen) atoms. The smallest absolute Gasteiger partial charge is 0.433 e. The lowest BCUT2D eigenvalue weighted by molar-refractivity contribution is -0.402. The van der Waals surface area contributed by atoms with Gasteiger partial charge in [-0.05, 0) is 38.4 Å². The number of fused-ring (bicyclic) bond motifs is 1. The Bertz CT molecular complexity index is 850. The van der Waals surface area contributed by atoms with E-state index in [0.717, 1.165) is 22.2 Å². The van der Waals surface area contributed by atoms with E-state index in [4.69, 9.17) is 9.15 Å². The van der Waals surface area contributed by atoms with Crippen LogP contribution in [0.1, 0.15) is 17.4 Å². The molecule has 1 unspecified atom stereocenters. The van der Waals surface area contributed by atoms with Gasteiger partial charge in [-0.15, -0.1) is 0 Å². The monoisotopic (exact) mass is 315 g/mol. The van der Waals surface area contributed by atoms with Crippen LogP contribution in [0.3, 0.4) is 0 Å². The number of nitrogens with zero attached hydrogens (tertiary/aromatic N) is 2. The molecular formula is C16H17N3O4. The van der Waals surface area contributed by atoms with Crippen LogP contribution in [0.4, 0.5) is 5.88 Å². The highest BCUT2D eigenvalue weighted by molar-refractivity contribution is 5.85. The number of nitro groups is 1. The number of aromatic nitrogens is 1. The van der Waals surface area contributed by atoms with Crippen molar-refractivity contribution in [3.8, 4) is 5.75 Å². The average Bonchev–Trinajstić information content (AvgIpc) is 3.15. The van der Waals surface area contributed by atoms with Crippen molar-refractivity contribution in [1.29, 1.82) is 0 Å². The second-order valence-electron chi connectivity index (χ2n) is 5.45. The zero-order chi connectivity index (χ0) is 16.6. The lowest BCUT2D eigenvalue weighted by Crippen LogP contribution is -2.20. The largest absolute Gasteiger partial charge is 0.497 e. The summed E-state index contributed by atoms with van der Waals surface area (Å²) < 4.78 is 10.7. The third-order valence-corrected chi connectivity index (χ3v) is 3.79. The van der Waals surface area contributed by atoms with Crippen LogP contribution >= 0.6 is 0 Å². The summed E-state index contributed by atoms with van der Waals surface area (Å²) in [6, 6.07) is 8.53. The molecule has 0 radical (unpaired) electrons. The predicted molar refractivity (Wildman–Crippen MR) is 85.7 cm³/mol. The summed E-state index contributed by atoms with van der Waals surface area (Å²) in [6.07, 6.45) is 1.89. The summed E-state index contributed by atoms with van der Waals surface area (Å²) in [5.41, 5.74) is 1.93. The van der Waals surface area contributed by atoms with E-state index in [1.54, 1.807) is 13.2 Å². The molecular weight excluding hydrogens is 298 g/mol. The fourth-order valence-corrected chi connectivity index (χ4v) is 2.75. The van der Waals surface area contributed by atoms with Gasteiger partial charge in [-0.25, -0.2) is 0 Å². The number of benzene rings is 1. The van der Waals surface area contributed by atoms with Crippen LogP contribution in [0, 0.1) is 10.1 Å². The molecule has 1 aromatic carbocycles. The van der Waals surface area contributed by atoms with Crippen LogP contribution in [0.15, 0.2) is 40.9 Å². The topological polar surface area (TPSA) is 84.5 Å². The molecule has 0 spiro atoms. The van der Waals surface area contributed by atoms with Gasteiger partial charge < -0.3 is 14.1 Å². The molecule has 0 aliphatic heterocycles. The Hall–Kier alpha value is -2.80. The predicted octanol–water partition coefficient (Wildman–Crippen LogP) is 3.33. The van der Waals surface area contributed by atoms with Crippen LogP contribution in [-0.2, 0) is 0 Å². The first-order chi connectivity index (χ1) is 11.0. The van der Waals surface area contributed by atoms with Crippen molar-refractivity contribution < 1.29 is 14.1 Å². The number of hydrogen-bond acceptors (Lipinski definition) is 5. The Morgan fingerprint density at radius 3 is 2.70 bits per heavy atom. The number of rotatable bonds is 5. The van der Waals surface area contributed by atoms with Gasteiger partial charge >= 0.3 is 5.88 Å². The highest BCUT2D eigenvalue weighted by Crippen LogP contribution is 2.35. The Morgan fingerprint density at radius 1 is 1.30 bits per heavy atom. The molecule has 120 valence electrons. The van der Waals surface area contributed by atoms with Crippen molar-refractivity contribution >= 4 is 16.8 Å². The van der Waals surface area contributed by atoms with Crippen molar-refractivity contribution in [3.63, 3.8) is 0 Å². The second kappa shape index (κ2) is 5.77. The highest BCUT2D eigenvalue weighted by atomic mass is 16.6. The first kappa shape index (κ1) is 15.1. The van der Waals surface area contributed by atoms with E-state index in [0.29, 0.717) is 5.76 Å². The summed E-state index contributed by atoms with van der Waals surface area (Å²) in [4.78, 5) is 15.5. The van der Waals surface area contributed by atoms with E-state index < -0.39 is 4.92 Å². The summed E-state index contributed by atoms with van der Waals surface area (Å²) in [5, 5.41) is 11.9. The van der Waals surface area contributed by atoms with Gasteiger partial charge in [0, 0.05) is 22.7 Å². The van der Waals surface area contributed by atoms with Crippen molar-refractivity contribution in [2.45, 2.75) is 6.04 Å². The molecule has 2 aromatic heterocycles. The van der Waals surface area contributed by atoms with Crippen LogP contribution in [0.5, 0.6) is 5.75 Å². The molecule has 1 N–H and O–H groups in total. The number of H-pyrrole nitrogens is 1. The quantitative estimate of drug-likeness (QED) is 0.576. The standard InChI is InChI=1S/C16H17N3O4/c1-18(2)16(14-6-7-15(23-14)19(20)21)12-9-17-13-5-4-10(22-3)8-11(12)13/h4-9,16-17H,1-3H3. The number of furan rings is 1. The Balaban J connectivity index is 2.12. The molecule has 1 atom stereocenters. The maximum Gasteiger partial charge on any atom is 0.433 e. The van der Waals surface area contributed by atoms with Crippen LogP contribution in [-0.4, -0.2) is 36.0 Å². The SMILES string of the molecule is COc1ccc2[nH]cc(C(c3ccc([N+](=O)[O-])o3)N(C)C)c2c1. The van der Waals surface area contributed by atoms with Crippen LogP contribution in [0.2, 0.25) is 0 Å². The fraction of sp³-hybridized carbons (Fsp3) is 0.250. The first-order valence-electron chi connectivity index (χ1n) is 7.07. The third kappa shape index (κ3) is 2.66. The van der Waals surface area contributed by atoms with Crippen molar-refractivity contribution in [1.82, 2.24) is 9.88 Å². The number of aromatic amines is 1. The molecule has 0 aliphatic rings. The third-order valence-electron chi connectivity index (χ3n) is 3.79. The van der Waals surface area contributed by atoms with Crippen LogP contribution in [0.25, 0.3) is 10.9 Å². The highest BCUT2D eigenvalue weighted by Gasteiger charge is 2.25. The molecule has 0 saturated carbocycles. The molecule has 0 bridgehead atoms. The van der Waals surface area contributed by atoms with E-state index in [-0.39, 0.29) is 11.9 Å². The molecule has 7 nitrogen and oxygen atoms in total. The fourth-order valence-electron chi connectivity index (χ4n) is 2.75. The van der Waals surface area contributed by atoms with E-state index in [1.807, 2.05) is 43.4 Å². The van der Waals surface area contributed by atoms with Crippen molar-refractivity contribution in [3.05, 3.63) is 58.0 Å². The molecule has 3 rings (SSSR count). The molecule has 0 aliphatic carbocycles. The zero-order valence-electron chi connectivity index (χ0n) is 13.1. The number of nitrogens with one attached hydrogen (secondary N) is 1. The normalized spacial score (nSPS) is 12.7. The van der Waals surface area contributed by atoms with Crippen molar-refractivity contribution in [2.24, 2.45) is 0 Å². The Kier molecular flexibility index (Phi) is 3.79. The zero-order valence-corrected chi connectivity index (χ0v) is 13.1. The van der Waals surface area contributed by atoms with E-state index in [9.17, 15) is 10.1 Å². The Morgan fingerprint density at radius 2 is 2.09 bits per heavy atom. The maximum atomic E-state index is 10.9. The summed E-state index contributed by atoms with van der Waals surface area (Å²) in [5.74, 6) is 1.01. The number of hydrogen-bond donors (Lipinski definition) is 1. The van der Waals surface area contributed by atoms with Crippen LogP contribution < -0.4 is 4.74 Å². The minimum absolute atomic E-state index is 0.246. The lowest BCUT2D eigenvalue weighted by atomic mass is 10.0. The van der Waals surface area contributed by atoms with E-state index >= 15 is 0 Å². The van der Waals surface area contributed by atoms with Gasteiger partial charge in [0.05, 0.1) is 19.2 Å². The summed E-state index contributed by atoms with van der Waals surface area (Å²) in [6.45, 7) is 0. The molecule has 3 aromatic rings. The lowest BCUT2D eigenvalue weighted by Gasteiger charge is -2.21. The van der Waals surface area contributed by atoms with Gasteiger partial charge in [0.25, 0.3) is 0 Å². The molecule has 0 amide bonds.